The molecule has 1 fully saturated rings. The maximum absolute atomic E-state index is 12.6. The van der Waals surface area contributed by atoms with Crippen LogP contribution in [-0.4, -0.2) is 48.9 Å². The van der Waals surface area contributed by atoms with Crippen molar-refractivity contribution in [3.05, 3.63) is 29.8 Å². The predicted molar refractivity (Wildman–Crippen MR) is 106 cm³/mol. The Balaban J connectivity index is 0.00000364. The third kappa shape index (κ3) is 6.84. The zero-order chi connectivity index (χ0) is 18.9. The molecule has 0 saturated carbocycles. The second-order valence-electron chi connectivity index (χ2n) is 6.34. The number of benzene rings is 1. The summed E-state index contributed by atoms with van der Waals surface area (Å²) >= 11 is 0. The van der Waals surface area contributed by atoms with Crippen molar-refractivity contribution in [2.24, 2.45) is 11.7 Å². The molecule has 0 aliphatic carbocycles. The smallest absolute Gasteiger partial charge is 0.309 e. The summed E-state index contributed by atoms with van der Waals surface area (Å²) in [4.78, 5) is 37.8. The summed E-state index contributed by atoms with van der Waals surface area (Å²) in [6, 6.07) is 6.86. The van der Waals surface area contributed by atoms with Crippen molar-refractivity contribution in [1.82, 2.24) is 4.90 Å². The summed E-state index contributed by atoms with van der Waals surface area (Å²) < 4.78 is 5.05. The van der Waals surface area contributed by atoms with Crippen LogP contribution in [0.5, 0.6) is 0 Å². The molecule has 7 nitrogen and oxygen atoms in total. The minimum absolute atomic E-state index is 0. The summed E-state index contributed by atoms with van der Waals surface area (Å²) in [7, 11) is 0. The second kappa shape index (κ2) is 11.6. The summed E-state index contributed by atoms with van der Waals surface area (Å²) in [6.07, 6.45) is 2.27. The van der Waals surface area contributed by atoms with Crippen molar-refractivity contribution in [2.45, 2.75) is 32.6 Å². The van der Waals surface area contributed by atoms with E-state index in [4.69, 9.17) is 10.5 Å². The highest BCUT2D eigenvalue weighted by Crippen LogP contribution is 2.21. The molecule has 8 heteroatoms. The Labute approximate surface area is 166 Å². The summed E-state index contributed by atoms with van der Waals surface area (Å²) in [5, 5.41) is 2.78. The molecule has 0 atom stereocenters. The van der Waals surface area contributed by atoms with Gasteiger partial charge in [-0.1, -0.05) is 0 Å². The van der Waals surface area contributed by atoms with E-state index in [1.54, 1.807) is 36.1 Å². The first kappa shape index (κ1) is 22.9. The first-order chi connectivity index (χ1) is 12.5. The van der Waals surface area contributed by atoms with Crippen LogP contribution >= 0.6 is 12.4 Å². The number of nitrogens with zero attached hydrogens (tertiary/aromatic N) is 1. The fourth-order valence-corrected chi connectivity index (χ4v) is 2.94. The minimum atomic E-state index is -0.172. The molecule has 0 radical (unpaired) electrons. The molecule has 0 spiro atoms. The van der Waals surface area contributed by atoms with Crippen LogP contribution in [0.2, 0.25) is 0 Å². The van der Waals surface area contributed by atoms with E-state index >= 15 is 0 Å². The summed E-state index contributed by atoms with van der Waals surface area (Å²) in [5.74, 6) is -0.441. The third-order valence-corrected chi connectivity index (χ3v) is 4.43. The van der Waals surface area contributed by atoms with Gasteiger partial charge >= 0.3 is 5.97 Å². The number of anilines is 1. The van der Waals surface area contributed by atoms with E-state index in [-0.39, 0.29) is 36.1 Å². The molecule has 3 N–H and O–H groups in total. The van der Waals surface area contributed by atoms with E-state index < -0.39 is 0 Å². The number of likely N-dealkylation sites (tertiary alicyclic amines) is 1. The van der Waals surface area contributed by atoms with E-state index in [0.717, 1.165) is 0 Å². The number of rotatable bonds is 7. The lowest BCUT2D eigenvalue weighted by Crippen LogP contribution is -2.40. The first-order valence-electron chi connectivity index (χ1n) is 9.11. The predicted octanol–water partition coefficient (Wildman–Crippen LogP) is 2.20. The molecule has 1 heterocycles. The van der Waals surface area contributed by atoms with Crippen LogP contribution in [0.25, 0.3) is 0 Å². The number of halogens is 1. The number of nitrogens with two attached hydrogens (primary N) is 1. The molecule has 27 heavy (non-hydrogen) atoms. The molecule has 0 bridgehead atoms. The average Bonchev–Trinajstić information content (AvgIpc) is 2.66. The largest absolute Gasteiger partial charge is 0.466 e. The molecule has 1 saturated heterocycles. The fourth-order valence-electron chi connectivity index (χ4n) is 2.94. The van der Waals surface area contributed by atoms with E-state index in [2.05, 4.69) is 5.32 Å². The molecule has 0 aromatic heterocycles. The maximum atomic E-state index is 12.6. The van der Waals surface area contributed by atoms with Crippen molar-refractivity contribution >= 4 is 35.9 Å². The van der Waals surface area contributed by atoms with Gasteiger partial charge in [-0.25, -0.2) is 0 Å². The van der Waals surface area contributed by atoms with Crippen molar-refractivity contribution in [2.75, 3.05) is 31.6 Å². The van der Waals surface area contributed by atoms with E-state index in [0.29, 0.717) is 63.2 Å². The lowest BCUT2D eigenvalue weighted by molar-refractivity contribution is -0.149. The van der Waals surface area contributed by atoms with Gasteiger partial charge in [-0.3, -0.25) is 14.4 Å². The quantitative estimate of drug-likeness (QED) is 0.687. The van der Waals surface area contributed by atoms with Crippen LogP contribution in [0.3, 0.4) is 0 Å². The SMILES string of the molecule is CCOC(=O)C1CCN(C(=O)c2ccc(NC(=O)CCCN)cc2)CC1.Cl. The van der Waals surface area contributed by atoms with Crippen LogP contribution in [0.15, 0.2) is 24.3 Å². The van der Waals surface area contributed by atoms with Gasteiger partial charge in [-0.2, -0.15) is 0 Å². The second-order valence-corrected chi connectivity index (χ2v) is 6.34. The number of hydrogen-bond donors (Lipinski definition) is 2. The van der Waals surface area contributed by atoms with Gasteiger partial charge in [0, 0.05) is 30.8 Å². The Morgan fingerprint density at radius 2 is 1.81 bits per heavy atom. The van der Waals surface area contributed by atoms with Gasteiger partial charge in [0.25, 0.3) is 5.91 Å². The molecular formula is C19H28ClN3O4. The standard InChI is InChI=1S/C19H27N3O4.ClH/c1-2-26-19(25)15-9-12-22(13-10-15)18(24)14-5-7-16(8-6-14)21-17(23)4-3-11-20;/h5-8,15H,2-4,9-13,20H2,1H3,(H,21,23);1H. The zero-order valence-electron chi connectivity index (χ0n) is 15.6. The van der Waals surface area contributed by atoms with Gasteiger partial charge in [-0.05, 0) is 57.0 Å². The molecule has 0 unspecified atom stereocenters. The third-order valence-electron chi connectivity index (χ3n) is 4.43. The number of carbonyl (C=O) groups excluding carboxylic acids is 3. The molecule has 1 aliphatic heterocycles. The van der Waals surface area contributed by atoms with Crippen LogP contribution in [0.4, 0.5) is 5.69 Å². The molecule has 2 amide bonds. The summed E-state index contributed by atoms with van der Waals surface area (Å²) in [5.41, 5.74) is 6.61. The van der Waals surface area contributed by atoms with Gasteiger partial charge in [-0.15, -0.1) is 12.4 Å². The Morgan fingerprint density at radius 1 is 1.19 bits per heavy atom. The number of piperidine rings is 1. The molecule has 2 rings (SSSR count). The van der Waals surface area contributed by atoms with E-state index in [9.17, 15) is 14.4 Å². The van der Waals surface area contributed by atoms with Gasteiger partial charge in [0.2, 0.25) is 5.91 Å². The minimum Gasteiger partial charge on any atom is -0.466 e. The van der Waals surface area contributed by atoms with Crippen molar-refractivity contribution in [3.8, 4) is 0 Å². The highest BCUT2D eigenvalue weighted by molar-refractivity contribution is 5.96. The van der Waals surface area contributed by atoms with Crippen molar-refractivity contribution in [3.63, 3.8) is 0 Å². The first-order valence-corrected chi connectivity index (χ1v) is 9.11. The van der Waals surface area contributed by atoms with Crippen LogP contribution in [0.1, 0.15) is 43.0 Å². The molecule has 1 aromatic rings. The number of amides is 2. The Hall–Kier alpha value is -2.12. The van der Waals surface area contributed by atoms with E-state index in [1.807, 2.05) is 0 Å². The molecule has 150 valence electrons. The lowest BCUT2D eigenvalue weighted by atomic mass is 9.96. The lowest BCUT2D eigenvalue weighted by Gasteiger charge is -2.31. The number of nitrogens with one attached hydrogen (secondary N) is 1. The molecule has 1 aromatic carbocycles. The monoisotopic (exact) mass is 397 g/mol. The van der Waals surface area contributed by atoms with Crippen LogP contribution in [-0.2, 0) is 14.3 Å². The van der Waals surface area contributed by atoms with E-state index in [1.165, 1.54) is 0 Å². The van der Waals surface area contributed by atoms with Crippen LogP contribution in [0, 0.1) is 5.92 Å². The fraction of sp³-hybridized carbons (Fsp3) is 0.526. The topological polar surface area (TPSA) is 102 Å². The zero-order valence-corrected chi connectivity index (χ0v) is 16.4. The summed E-state index contributed by atoms with van der Waals surface area (Å²) in [6.45, 7) is 3.74. The van der Waals surface area contributed by atoms with Gasteiger partial charge in [0.15, 0.2) is 0 Å². The maximum Gasteiger partial charge on any atom is 0.309 e. The Bertz CT molecular complexity index is 628. The normalized spacial score (nSPS) is 14.2. The van der Waals surface area contributed by atoms with Gasteiger partial charge in [0.05, 0.1) is 12.5 Å². The highest BCUT2D eigenvalue weighted by atomic mass is 35.5. The number of ether oxygens (including phenoxy) is 1. The number of esters is 1. The van der Waals surface area contributed by atoms with Crippen molar-refractivity contribution in [1.29, 1.82) is 0 Å². The molecular weight excluding hydrogens is 370 g/mol. The van der Waals surface area contributed by atoms with Gasteiger partial charge in [0.1, 0.15) is 0 Å². The number of hydrogen-bond acceptors (Lipinski definition) is 5. The van der Waals surface area contributed by atoms with Gasteiger partial charge < -0.3 is 20.7 Å². The average molecular weight is 398 g/mol. The Morgan fingerprint density at radius 3 is 2.37 bits per heavy atom. The number of carbonyl (C=O) groups is 3. The van der Waals surface area contributed by atoms with Crippen LogP contribution < -0.4 is 11.1 Å². The Kier molecular flexibility index (Phi) is 9.82. The van der Waals surface area contributed by atoms with Crippen molar-refractivity contribution < 1.29 is 19.1 Å². The highest BCUT2D eigenvalue weighted by Gasteiger charge is 2.28. The molecule has 1 aliphatic rings.